The van der Waals surface area contributed by atoms with Crippen LogP contribution in [0.5, 0.6) is 0 Å². The van der Waals surface area contributed by atoms with Gasteiger partial charge in [-0.2, -0.15) is 0 Å². The van der Waals surface area contributed by atoms with Gasteiger partial charge in [-0.15, -0.1) is 0 Å². The first-order valence-electron chi connectivity index (χ1n) is 9.38. The molecule has 2 N–H and O–H groups in total. The highest BCUT2D eigenvalue weighted by Gasteiger charge is 2.38. The van der Waals surface area contributed by atoms with Crippen molar-refractivity contribution in [3.8, 4) is 0 Å². The van der Waals surface area contributed by atoms with E-state index in [-0.39, 0.29) is 24.4 Å². The lowest BCUT2D eigenvalue weighted by Crippen LogP contribution is -2.55. The molecule has 0 saturated heterocycles. The third-order valence-corrected chi connectivity index (χ3v) is 5.43. The summed E-state index contributed by atoms with van der Waals surface area (Å²) in [5, 5.41) is 12.3. The summed E-state index contributed by atoms with van der Waals surface area (Å²) >= 11 is 0. The van der Waals surface area contributed by atoms with Gasteiger partial charge in [-0.3, -0.25) is 14.5 Å². The minimum atomic E-state index is -0.761. The number of hydrogen-bond acceptors (Lipinski definition) is 3. The van der Waals surface area contributed by atoms with E-state index in [0.717, 1.165) is 31.4 Å². The molecule has 5 nitrogen and oxygen atoms in total. The monoisotopic (exact) mass is 344 g/mol. The Morgan fingerprint density at radius 1 is 1.24 bits per heavy atom. The minimum Gasteiger partial charge on any atom is -0.480 e. The number of carboxylic acids is 1. The van der Waals surface area contributed by atoms with Crippen molar-refractivity contribution >= 4 is 11.9 Å². The molecule has 2 fully saturated rings. The molecule has 1 amide bonds. The van der Waals surface area contributed by atoms with Crippen molar-refractivity contribution in [2.75, 3.05) is 13.1 Å². The molecule has 1 unspecified atom stereocenters. The Balaban J connectivity index is 1.49. The number of hydrogen-bond donors (Lipinski definition) is 2. The van der Waals surface area contributed by atoms with Crippen molar-refractivity contribution in [3.05, 3.63) is 35.9 Å². The first-order chi connectivity index (χ1) is 12.1. The summed E-state index contributed by atoms with van der Waals surface area (Å²) < 4.78 is 0. The largest absolute Gasteiger partial charge is 0.480 e. The standard InChI is InChI=1S/C20H28N2O3/c1-2-18(15-6-4-3-5-7-15)20(25)21-16-10-17(11-16)22(13-19(23)24)12-14-8-9-14/h3-7,14,16-18H,2,8-13H2,1H3,(H,21,25)(H,23,24). The highest BCUT2D eigenvalue weighted by atomic mass is 16.4. The van der Waals surface area contributed by atoms with E-state index in [1.165, 1.54) is 12.8 Å². The van der Waals surface area contributed by atoms with E-state index in [2.05, 4.69) is 10.2 Å². The van der Waals surface area contributed by atoms with Crippen LogP contribution in [-0.4, -0.2) is 47.1 Å². The second kappa shape index (κ2) is 8.00. The molecule has 5 heteroatoms. The molecule has 0 radical (unpaired) electrons. The van der Waals surface area contributed by atoms with Gasteiger partial charge in [-0.1, -0.05) is 37.3 Å². The Kier molecular flexibility index (Phi) is 5.74. The van der Waals surface area contributed by atoms with Gasteiger partial charge < -0.3 is 10.4 Å². The second-order valence-electron chi connectivity index (χ2n) is 7.47. The summed E-state index contributed by atoms with van der Waals surface area (Å²) in [6, 6.07) is 10.4. The summed E-state index contributed by atoms with van der Waals surface area (Å²) in [5.74, 6) is -0.107. The van der Waals surface area contributed by atoms with Gasteiger partial charge in [0, 0.05) is 18.6 Å². The zero-order chi connectivity index (χ0) is 17.8. The molecule has 1 atom stereocenters. The van der Waals surface area contributed by atoms with Crippen LogP contribution in [0.2, 0.25) is 0 Å². The lowest BCUT2D eigenvalue weighted by atomic mass is 9.84. The van der Waals surface area contributed by atoms with Crippen LogP contribution in [0.25, 0.3) is 0 Å². The first-order valence-corrected chi connectivity index (χ1v) is 9.38. The number of carboxylic acid groups (broad SMARTS) is 1. The van der Waals surface area contributed by atoms with E-state index in [0.29, 0.717) is 12.0 Å². The van der Waals surface area contributed by atoms with Crippen LogP contribution in [0.3, 0.4) is 0 Å². The quantitative estimate of drug-likeness (QED) is 0.722. The van der Waals surface area contributed by atoms with E-state index in [4.69, 9.17) is 5.11 Å². The Hall–Kier alpha value is -1.88. The average Bonchev–Trinajstić information content (AvgIpc) is 3.35. The minimum absolute atomic E-state index is 0.0872. The van der Waals surface area contributed by atoms with Crippen molar-refractivity contribution in [1.82, 2.24) is 10.2 Å². The van der Waals surface area contributed by atoms with E-state index in [1.54, 1.807) is 0 Å². The summed E-state index contributed by atoms with van der Waals surface area (Å²) in [5.41, 5.74) is 1.06. The molecule has 3 rings (SSSR count). The molecule has 0 spiro atoms. The van der Waals surface area contributed by atoms with E-state index in [1.807, 2.05) is 37.3 Å². The molecule has 1 aromatic carbocycles. The number of aliphatic carboxylic acids is 1. The molecule has 0 aromatic heterocycles. The molecule has 2 saturated carbocycles. The Morgan fingerprint density at radius 3 is 2.48 bits per heavy atom. The van der Waals surface area contributed by atoms with Crippen molar-refractivity contribution in [3.63, 3.8) is 0 Å². The number of benzene rings is 1. The topological polar surface area (TPSA) is 69.6 Å². The number of rotatable bonds is 9. The highest BCUT2D eigenvalue weighted by molar-refractivity contribution is 5.84. The van der Waals surface area contributed by atoms with Gasteiger partial charge in [0.2, 0.25) is 5.91 Å². The molecular weight excluding hydrogens is 316 g/mol. The zero-order valence-corrected chi connectivity index (χ0v) is 14.9. The Morgan fingerprint density at radius 2 is 1.92 bits per heavy atom. The van der Waals surface area contributed by atoms with Crippen LogP contribution >= 0.6 is 0 Å². The second-order valence-corrected chi connectivity index (χ2v) is 7.47. The maximum atomic E-state index is 12.6. The van der Waals surface area contributed by atoms with E-state index in [9.17, 15) is 9.59 Å². The Bertz CT molecular complexity index is 594. The molecule has 0 bridgehead atoms. The predicted molar refractivity (Wildman–Crippen MR) is 96.4 cm³/mol. The fourth-order valence-corrected chi connectivity index (χ4v) is 3.71. The lowest BCUT2D eigenvalue weighted by molar-refractivity contribution is -0.140. The molecular formula is C20H28N2O3. The zero-order valence-electron chi connectivity index (χ0n) is 14.9. The van der Waals surface area contributed by atoms with Crippen LogP contribution in [-0.2, 0) is 9.59 Å². The molecule has 1 aromatic rings. The fraction of sp³-hybridized carbons (Fsp3) is 0.600. The van der Waals surface area contributed by atoms with E-state index < -0.39 is 5.97 Å². The van der Waals surface area contributed by atoms with Crippen molar-refractivity contribution in [2.24, 2.45) is 5.92 Å². The van der Waals surface area contributed by atoms with Gasteiger partial charge in [0.05, 0.1) is 12.5 Å². The van der Waals surface area contributed by atoms with Gasteiger partial charge in [0.1, 0.15) is 0 Å². The van der Waals surface area contributed by atoms with Crippen molar-refractivity contribution < 1.29 is 14.7 Å². The molecule has 25 heavy (non-hydrogen) atoms. The number of amides is 1. The summed E-state index contributed by atoms with van der Waals surface area (Å²) in [4.78, 5) is 25.8. The van der Waals surface area contributed by atoms with Crippen LogP contribution in [0.4, 0.5) is 0 Å². The van der Waals surface area contributed by atoms with Crippen LogP contribution in [0, 0.1) is 5.92 Å². The first kappa shape index (κ1) is 17.9. The SMILES string of the molecule is CCC(C(=O)NC1CC(N(CC(=O)O)CC2CC2)C1)c1ccccc1. The van der Waals surface area contributed by atoms with Gasteiger partial charge in [0.25, 0.3) is 0 Å². The Labute approximate surface area is 149 Å². The van der Waals surface area contributed by atoms with Gasteiger partial charge >= 0.3 is 5.97 Å². The summed E-state index contributed by atoms with van der Waals surface area (Å²) in [7, 11) is 0. The smallest absolute Gasteiger partial charge is 0.317 e. The van der Waals surface area contributed by atoms with Crippen LogP contribution in [0.15, 0.2) is 30.3 Å². The third-order valence-electron chi connectivity index (χ3n) is 5.43. The molecule has 136 valence electrons. The summed E-state index contributed by atoms with van der Waals surface area (Å²) in [6.45, 7) is 3.04. The summed E-state index contributed by atoms with van der Waals surface area (Å²) in [6.07, 6.45) is 4.93. The molecule has 2 aliphatic rings. The van der Waals surface area contributed by atoms with Gasteiger partial charge in [0.15, 0.2) is 0 Å². The van der Waals surface area contributed by atoms with Crippen LogP contribution in [0.1, 0.15) is 50.5 Å². The number of nitrogens with zero attached hydrogens (tertiary/aromatic N) is 1. The molecule has 0 aliphatic heterocycles. The number of carbonyl (C=O) groups excluding carboxylic acids is 1. The van der Waals surface area contributed by atoms with Gasteiger partial charge in [-0.25, -0.2) is 0 Å². The van der Waals surface area contributed by atoms with Crippen molar-refractivity contribution in [1.29, 1.82) is 0 Å². The molecule has 0 heterocycles. The van der Waals surface area contributed by atoms with Crippen LogP contribution < -0.4 is 5.32 Å². The van der Waals surface area contributed by atoms with Gasteiger partial charge in [-0.05, 0) is 43.6 Å². The highest BCUT2D eigenvalue weighted by Crippen LogP contribution is 2.34. The fourth-order valence-electron chi connectivity index (χ4n) is 3.71. The third kappa shape index (κ3) is 4.82. The van der Waals surface area contributed by atoms with E-state index >= 15 is 0 Å². The normalized spacial score (nSPS) is 23.8. The van der Waals surface area contributed by atoms with Crippen molar-refractivity contribution in [2.45, 2.75) is 57.0 Å². The lowest BCUT2D eigenvalue weighted by Gasteiger charge is -2.43. The molecule has 2 aliphatic carbocycles. The average molecular weight is 344 g/mol. The predicted octanol–water partition coefficient (Wildman–Crippen LogP) is 2.62. The number of carbonyl (C=O) groups is 2. The number of nitrogens with one attached hydrogen (secondary N) is 1. The maximum absolute atomic E-state index is 12.6. The maximum Gasteiger partial charge on any atom is 0.317 e.